The van der Waals surface area contributed by atoms with Crippen LogP contribution in [0.15, 0.2) is 10.4 Å². The van der Waals surface area contributed by atoms with E-state index < -0.39 is 0 Å². The normalized spacial score (nSPS) is 15.9. The van der Waals surface area contributed by atoms with E-state index in [1.165, 1.54) is 44.9 Å². The van der Waals surface area contributed by atoms with E-state index >= 15 is 0 Å². The van der Waals surface area contributed by atoms with Gasteiger partial charge in [-0.15, -0.1) is 11.3 Å². The van der Waals surface area contributed by atoms with Gasteiger partial charge in [-0.25, -0.2) is 4.98 Å². The molecule has 0 saturated heterocycles. The highest BCUT2D eigenvalue weighted by Gasteiger charge is 2.13. The molecule has 0 spiro atoms. The molecule has 0 unspecified atom stereocenters. The minimum atomic E-state index is 0.714. The average Bonchev–Trinajstić information content (AvgIpc) is 3.21. The minimum Gasteiger partial charge on any atom is -0.356 e. The number of nitrogens with zero attached hydrogens (tertiary/aromatic N) is 3. The predicted octanol–water partition coefficient (Wildman–Crippen LogP) is 3.23. The molecule has 2 rings (SSSR count). The predicted molar refractivity (Wildman–Crippen MR) is 100 cm³/mol. The van der Waals surface area contributed by atoms with Gasteiger partial charge in [-0.05, 0) is 12.3 Å². The molecule has 0 aromatic carbocycles. The first-order chi connectivity index (χ1) is 11.2. The summed E-state index contributed by atoms with van der Waals surface area (Å²) in [6.45, 7) is 1.71. The molecular formula is C17H31N5S. The molecule has 0 radical (unpaired) electrons. The fraction of sp³-hybridized carbons (Fsp3) is 0.765. The van der Waals surface area contributed by atoms with Gasteiger partial charge in [-0.2, -0.15) is 0 Å². The van der Waals surface area contributed by atoms with Crippen molar-refractivity contribution in [3.8, 4) is 0 Å². The third-order valence-corrected chi connectivity index (χ3v) is 5.45. The smallest absolute Gasteiger partial charge is 0.191 e. The lowest BCUT2D eigenvalue weighted by Gasteiger charge is -2.12. The topological polar surface area (TPSA) is 52.6 Å². The first-order valence-electron chi connectivity index (χ1n) is 8.75. The Hall–Kier alpha value is -1.30. The second kappa shape index (κ2) is 9.75. The van der Waals surface area contributed by atoms with E-state index in [0.717, 1.165) is 29.2 Å². The lowest BCUT2D eigenvalue weighted by molar-refractivity contribution is 0.472. The Kier molecular flexibility index (Phi) is 7.65. The SMILES string of the molecule is CN=C(NCCCCC1CCCC1)NCc1csc(N(C)C)n1. The van der Waals surface area contributed by atoms with E-state index in [2.05, 4.69) is 26.0 Å². The zero-order valence-electron chi connectivity index (χ0n) is 14.8. The molecule has 1 aliphatic carbocycles. The van der Waals surface area contributed by atoms with Crippen LogP contribution in [0.5, 0.6) is 0 Å². The first kappa shape index (κ1) is 18.0. The summed E-state index contributed by atoms with van der Waals surface area (Å²) in [7, 11) is 5.85. The zero-order valence-corrected chi connectivity index (χ0v) is 15.6. The number of guanidine groups is 1. The number of aromatic nitrogens is 1. The van der Waals surface area contributed by atoms with Crippen molar-refractivity contribution in [2.24, 2.45) is 10.9 Å². The number of rotatable bonds is 8. The Balaban J connectivity index is 1.59. The van der Waals surface area contributed by atoms with Gasteiger partial charge in [0.15, 0.2) is 11.1 Å². The zero-order chi connectivity index (χ0) is 16.5. The molecule has 1 fully saturated rings. The Morgan fingerprint density at radius 2 is 2.09 bits per heavy atom. The van der Waals surface area contributed by atoms with Crippen molar-refractivity contribution in [1.82, 2.24) is 15.6 Å². The van der Waals surface area contributed by atoms with E-state index in [1.54, 1.807) is 11.3 Å². The van der Waals surface area contributed by atoms with Gasteiger partial charge >= 0.3 is 0 Å². The molecule has 130 valence electrons. The molecule has 1 heterocycles. The van der Waals surface area contributed by atoms with E-state index in [-0.39, 0.29) is 0 Å². The second-order valence-electron chi connectivity index (χ2n) is 6.51. The van der Waals surface area contributed by atoms with Gasteiger partial charge in [-0.3, -0.25) is 4.99 Å². The van der Waals surface area contributed by atoms with E-state index in [4.69, 9.17) is 0 Å². The number of anilines is 1. The first-order valence-corrected chi connectivity index (χ1v) is 9.63. The monoisotopic (exact) mass is 337 g/mol. The van der Waals surface area contributed by atoms with Crippen LogP contribution in [0.4, 0.5) is 5.13 Å². The number of hydrogen-bond donors (Lipinski definition) is 2. The molecule has 1 aliphatic rings. The third-order valence-electron chi connectivity index (χ3n) is 4.39. The summed E-state index contributed by atoms with van der Waals surface area (Å²) in [4.78, 5) is 10.9. The number of hydrogen-bond acceptors (Lipinski definition) is 4. The molecule has 1 aromatic heterocycles. The molecule has 0 atom stereocenters. The van der Waals surface area contributed by atoms with Gasteiger partial charge < -0.3 is 15.5 Å². The van der Waals surface area contributed by atoms with Gasteiger partial charge in [0, 0.05) is 33.1 Å². The van der Waals surface area contributed by atoms with Crippen molar-refractivity contribution in [2.75, 3.05) is 32.6 Å². The van der Waals surface area contributed by atoms with Crippen molar-refractivity contribution >= 4 is 22.4 Å². The summed E-state index contributed by atoms with van der Waals surface area (Å²) in [5.74, 6) is 1.87. The molecule has 0 amide bonds. The molecule has 0 aliphatic heterocycles. The lowest BCUT2D eigenvalue weighted by atomic mass is 10.0. The largest absolute Gasteiger partial charge is 0.356 e. The minimum absolute atomic E-state index is 0.714. The Morgan fingerprint density at radius 3 is 2.74 bits per heavy atom. The van der Waals surface area contributed by atoms with Crippen LogP contribution in [0.3, 0.4) is 0 Å². The van der Waals surface area contributed by atoms with Gasteiger partial charge in [0.25, 0.3) is 0 Å². The summed E-state index contributed by atoms with van der Waals surface area (Å²) >= 11 is 1.67. The number of unbranched alkanes of at least 4 members (excludes halogenated alkanes) is 1. The highest BCUT2D eigenvalue weighted by Crippen LogP contribution is 2.28. The van der Waals surface area contributed by atoms with Gasteiger partial charge in [-0.1, -0.05) is 38.5 Å². The summed E-state index contributed by atoms with van der Waals surface area (Å²) in [6.07, 6.45) is 9.77. The maximum Gasteiger partial charge on any atom is 0.191 e. The van der Waals surface area contributed by atoms with Crippen LogP contribution in [0.25, 0.3) is 0 Å². The highest BCUT2D eigenvalue weighted by atomic mass is 32.1. The number of aliphatic imine (C=N–C) groups is 1. The maximum atomic E-state index is 4.57. The van der Waals surface area contributed by atoms with Crippen LogP contribution < -0.4 is 15.5 Å². The number of thiazole rings is 1. The Labute approximate surface area is 144 Å². The van der Waals surface area contributed by atoms with Gasteiger partial charge in [0.2, 0.25) is 0 Å². The van der Waals surface area contributed by atoms with Crippen LogP contribution in [0.2, 0.25) is 0 Å². The van der Waals surface area contributed by atoms with Crippen molar-refractivity contribution < 1.29 is 0 Å². The van der Waals surface area contributed by atoms with Crippen LogP contribution in [-0.2, 0) is 6.54 Å². The third kappa shape index (κ3) is 6.37. The fourth-order valence-electron chi connectivity index (χ4n) is 3.04. The molecule has 1 aromatic rings. The quantitative estimate of drug-likeness (QED) is 0.434. The summed E-state index contributed by atoms with van der Waals surface area (Å²) in [6, 6.07) is 0. The van der Waals surface area contributed by atoms with E-state index in [0.29, 0.717) is 6.54 Å². The summed E-state index contributed by atoms with van der Waals surface area (Å²) in [5, 5.41) is 9.87. The van der Waals surface area contributed by atoms with E-state index in [9.17, 15) is 0 Å². The molecule has 2 N–H and O–H groups in total. The average molecular weight is 338 g/mol. The Bertz CT molecular complexity index is 477. The van der Waals surface area contributed by atoms with Crippen molar-refractivity contribution in [3.63, 3.8) is 0 Å². The second-order valence-corrected chi connectivity index (χ2v) is 7.35. The maximum absolute atomic E-state index is 4.57. The molecule has 0 bridgehead atoms. The number of nitrogens with one attached hydrogen (secondary N) is 2. The summed E-state index contributed by atoms with van der Waals surface area (Å²) < 4.78 is 0. The van der Waals surface area contributed by atoms with E-state index in [1.807, 2.05) is 26.0 Å². The van der Waals surface area contributed by atoms with Crippen LogP contribution in [-0.4, -0.2) is 38.6 Å². The molecular weight excluding hydrogens is 306 g/mol. The standard InChI is InChI=1S/C17H31N5S/c1-18-16(19-11-7-6-10-14-8-4-5-9-14)20-12-15-13-23-17(21-15)22(2)3/h13-14H,4-12H2,1-3H3,(H2,18,19,20). The molecule has 1 saturated carbocycles. The van der Waals surface area contributed by atoms with Crippen LogP contribution >= 0.6 is 11.3 Å². The summed E-state index contributed by atoms with van der Waals surface area (Å²) in [5.41, 5.74) is 1.06. The fourth-order valence-corrected chi connectivity index (χ4v) is 3.80. The van der Waals surface area contributed by atoms with Crippen LogP contribution in [0, 0.1) is 5.92 Å². The van der Waals surface area contributed by atoms with Gasteiger partial charge in [0.1, 0.15) is 0 Å². The van der Waals surface area contributed by atoms with Crippen molar-refractivity contribution in [1.29, 1.82) is 0 Å². The van der Waals surface area contributed by atoms with Crippen LogP contribution in [0.1, 0.15) is 50.6 Å². The highest BCUT2D eigenvalue weighted by molar-refractivity contribution is 7.13. The van der Waals surface area contributed by atoms with Crippen molar-refractivity contribution in [3.05, 3.63) is 11.1 Å². The van der Waals surface area contributed by atoms with Crippen molar-refractivity contribution in [2.45, 2.75) is 51.5 Å². The van der Waals surface area contributed by atoms with Gasteiger partial charge in [0.05, 0.1) is 12.2 Å². The molecule has 23 heavy (non-hydrogen) atoms. The molecule has 5 nitrogen and oxygen atoms in total. The lowest BCUT2D eigenvalue weighted by Crippen LogP contribution is -2.37. The Morgan fingerprint density at radius 1 is 1.30 bits per heavy atom. The molecule has 6 heteroatoms.